The molecule has 6 nitrogen and oxygen atoms in total. The second-order valence-corrected chi connectivity index (χ2v) is 5.05. The molecule has 0 unspecified atom stereocenters. The Morgan fingerprint density at radius 3 is 2.82 bits per heavy atom. The highest BCUT2D eigenvalue weighted by Gasteiger charge is 2.23. The van der Waals surface area contributed by atoms with Crippen molar-refractivity contribution in [1.29, 1.82) is 5.26 Å². The van der Waals surface area contributed by atoms with Gasteiger partial charge in [-0.3, -0.25) is 9.78 Å². The van der Waals surface area contributed by atoms with Crippen LogP contribution in [0.5, 0.6) is 0 Å². The molecule has 1 amide bonds. The van der Waals surface area contributed by atoms with Crippen molar-refractivity contribution < 1.29 is 14.7 Å². The standard InChI is InChI=1S/C16H15N3O3/c1-10(8-17)6-14(16(21)22)19-15(20)12-7-11-4-2-3-5-13(11)18-9-12/h2-5,7,9-10,14H,6H2,1H3,(H,19,20)(H,21,22)/t10-,14-/m0/s1. The lowest BCUT2D eigenvalue weighted by Crippen LogP contribution is -2.41. The zero-order chi connectivity index (χ0) is 16.1. The topological polar surface area (TPSA) is 103 Å². The first-order valence-electron chi connectivity index (χ1n) is 6.79. The van der Waals surface area contributed by atoms with E-state index in [0.717, 1.165) is 10.9 Å². The third kappa shape index (κ3) is 3.58. The molecule has 2 N–H and O–H groups in total. The predicted octanol–water partition coefficient (Wildman–Crippen LogP) is 1.97. The number of carbonyl (C=O) groups is 2. The average Bonchev–Trinajstić information content (AvgIpc) is 2.53. The van der Waals surface area contributed by atoms with Gasteiger partial charge in [0.25, 0.3) is 5.91 Å². The molecule has 1 aromatic heterocycles. The molecule has 0 radical (unpaired) electrons. The highest BCUT2D eigenvalue weighted by atomic mass is 16.4. The molecule has 1 heterocycles. The first-order valence-corrected chi connectivity index (χ1v) is 6.79. The van der Waals surface area contributed by atoms with Gasteiger partial charge >= 0.3 is 5.97 Å². The van der Waals surface area contributed by atoms with Gasteiger partial charge in [-0.25, -0.2) is 4.79 Å². The van der Waals surface area contributed by atoms with E-state index in [9.17, 15) is 9.59 Å². The van der Waals surface area contributed by atoms with Gasteiger partial charge in [0.05, 0.1) is 17.1 Å². The van der Waals surface area contributed by atoms with Crippen LogP contribution in [0, 0.1) is 17.2 Å². The number of amides is 1. The average molecular weight is 297 g/mol. The van der Waals surface area contributed by atoms with Crippen molar-refractivity contribution in [1.82, 2.24) is 10.3 Å². The molecule has 0 aliphatic carbocycles. The van der Waals surface area contributed by atoms with Crippen LogP contribution in [-0.2, 0) is 4.79 Å². The van der Waals surface area contributed by atoms with E-state index in [0.29, 0.717) is 0 Å². The van der Waals surface area contributed by atoms with Gasteiger partial charge in [0.1, 0.15) is 6.04 Å². The molecule has 2 atom stereocenters. The zero-order valence-electron chi connectivity index (χ0n) is 12.0. The summed E-state index contributed by atoms with van der Waals surface area (Å²) in [6, 6.07) is 9.84. The summed E-state index contributed by atoms with van der Waals surface area (Å²) in [5.74, 6) is -2.14. The van der Waals surface area contributed by atoms with Crippen molar-refractivity contribution in [3.63, 3.8) is 0 Å². The maximum absolute atomic E-state index is 12.2. The maximum atomic E-state index is 12.2. The fraction of sp³-hybridized carbons (Fsp3) is 0.250. The number of benzene rings is 1. The van der Waals surface area contributed by atoms with Crippen LogP contribution in [0.4, 0.5) is 0 Å². The lowest BCUT2D eigenvalue weighted by molar-refractivity contribution is -0.139. The number of carbonyl (C=O) groups excluding carboxylic acids is 1. The van der Waals surface area contributed by atoms with E-state index >= 15 is 0 Å². The summed E-state index contributed by atoms with van der Waals surface area (Å²) in [5.41, 5.74) is 1.04. The van der Waals surface area contributed by atoms with Crippen LogP contribution < -0.4 is 5.32 Å². The number of pyridine rings is 1. The minimum Gasteiger partial charge on any atom is -0.480 e. The number of nitrogens with one attached hydrogen (secondary N) is 1. The SMILES string of the molecule is C[C@H](C#N)C[C@H](NC(=O)c1cnc2ccccc2c1)C(=O)O. The fourth-order valence-corrected chi connectivity index (χ4v) is 2.06. The first kappa shape index (κ1) is 15.4. The van der Waals surface area contributed by atoms with Crippen molar-refractivity contribution in [3.05, 3.63) is 42.1 Å². The Morgan fingerprint density at radius 1 is 1.41 bits per heavy atom. The number of para-hydroxylation sites is 1. The summed E-state index contributed by atoms with van der Waals surface area (Å²) in [5, 5.41) is 21.1. The number of carboxylic acid groups (broad SMARTS) is 1. The molecule has 2 aromatic rings. The molecule has 0 bridgehead atoms. The highest BCUT2D eigenvalue weighted by Crippen LogP contribution is 2.13. The van der Waals surface area contributed by atoms with Crippen molar-refractivity contribution in [3.8, 4) is 6.07 Å². The minimum absolute atomic E-state index is 0.0541. The molecule has 22 heavy (non-hydrogen) atoms. The Balaban J connectivity index is 2.18. The Hall–Kier alpha value is -2.94. The van der Waals surface area contributed by atoms with Crippen molar-refractivity contribution in [2.24, 2.45) is 5.92 Å². The highest BCUT2D eigenvalue weighted by molar-refractivity contribution is 5.99. The predicted molar refractivity (Wildman–Crippen MR) is 80.0 cm³/mol. The summed E-state index contributed by atoms with van der Waals surface area (Å²) < 4.78 is 0. The summed E-state index contributed by atoms with van der Waals surface area (Å²) in [7, 11) is 0. The van der Waals surface area contributed by atoms with E-state index in [1.54, 1.807) is 13.0 Å². The largest absolute Gasteiger partial charge is 0.480 e. The van der Waals surface area contributed by atoms with Crippen LogP contribution in [0.25, 0.3) is 10.9 Å². The van der Waals surface area contributed by atoms with Crippen LogP contribution in [-0.4, -0.2) is 28.0 Å². The number of nitriles is 1. The molecular weight excluding hydrogens is 282 g/mol. The molecule has 0 fully saturated rings. The van der Waals surface area contributed by atoms with Crippen molar-refractivity contribution in [2.75, 3.05) is 0 Å². The van der Waals surface area contributed by atoms with Crippen LogP contribution in [0.15, 0.2) is 36.5 Å². The Bertz CT molecular complexity index is 752. The van der Waals surface area contributed by atoms with Gasteiger partial charge in [-0.2, -0.15) is 5.26 Å². The lowest BCUT2D eigenvalue weighted by Gasteiger charge is -2.15. The molecule has 2 rings (SSSR count). The molecule has 0 spiro atoms. The van der Waals surface area contributed by atoms with Crippen LogP contribution in [0.3, 0.4) is 0 Å². The normalized spacial score (nSPS) is 13.1. The quantitative estimate of drug-likeness (QED) is 0.878. The molecule has 1 aromatic carbocycles. The summed E-state index contributed by atoms with van der Waals surface area (Å²) in [6.07, 6.45) is 1.46. The molecule has 6 heteroatoms. The van der Waals surface area contributed by atoms with Gasteiger partial charge in [0.15, 0.2) is 0 Å². The van der Waals surface area contributed by atoms with E-state index in [2.05, 4.69) is 10.3 Å². The van der Waals surface area contributed by atoms with Crippen molar-refractivity contribution in [2.45, 2.75) is 19.4 Å². The molecule has 112 valence electrons. The summed E-state index contributed by atoms with van der Waals surface area (Å²) in [6.45, 7) is 1.61. The molecular formula is C16H15N3O3. The Morgan fingerprint density at radius 2 is 2.14 bits per heavy atom. The molecule has 0 aliphatic rings. The molecule has 0 saturated heterocycles. The number of nitrogens with zero attached hydrogens (tertiary/aromatic N) is 2. The van der Waals surface area contributed by atoms with Gasteiger partial charge in [-0.1, -0.05) is 18.2 Å². The molecule has 0 saturated carbocycles. The lowest BCUT2D eigenvalue weighted by atomic mass is 10.0. The number of fused-ring (bicyclic) bond motifs is 1. The summed E-state index contributed by atoms with van der Waals surface area (Å²) in [4.78, 5) is 27.5. The van der Waals surface area contributed by atoms with Gasteiger partial charge in [-0.15, -0.1) is 0 Å². The third-order valence-corrected chi connectivity index (χ3v) is 3.27. The van der Waals surface area contributed by atoms with E-state index in [-0.39, 0.29) is 12.0 Å². The van der Waals surface area contributed by atoms with Crippen molar-refractivity contribution >= 4 is 22.8 Å². The van der Waals surface area contributed by atoms with E-state index < -0.39 is 23.8 Å². The van der Waals surface area contributed by atoms with Gasteiger partial charge in [-0.05, 0) is 25.5 Å². The van der Waals surface area contributed by atoms with Gasteiger partial charge < -0.3 is 10.4 Å². The van der Waals surface area contributed by atoms with Crippen LogP contribution in [0.2, 0.25) is 0 Å². The monoisotopic (exact) mass is 297 g/mol. The summed E-state index contributed by atoms with van der Waals surface area (Å²) >= 11 is 0. The number of hydrogen-bond acceptors (Lipinski definition) is 4. The smallest absolute Gasteiger partial charge is 0.326 e. The van der Waals surface area contributed by atoms with E-state index in [1.807, 2.05) is 30.3 Å². The number of rotatable bonds is 5. The Labute approximate surface area is 127 Å². The number of hydrogen-bond donors (Lipinski definition) is 2. The second kappa shape index (κ2) is 6.68. The fourth-order valence-electron chi connectivity index (χ4n) is 2.06. The van der Waals surface area contributed by atoms with E-state index in [1.165, 1.54) is 6.20 Å². The van der Waals surface area contributed by atoms with Gasteiger partial charge in [0, 0.05) is 17.5 Å². The maximum Gasteiger partial charge on any atom is 0.326 e. The van der Waals surface area contributed by atoms with Gasteiger partial charge in [0.2, 0.25) is 0 Å². The first-order chi connectivity index (χ1) is 10.5. The number of aromatic nitrogens is 1. The number of carboxylic acids is 1. The van der Waals surface area contributed by atoms with E-state index in [4.69, 9.17) is 10.4 Å². The Kier molecular flexibility index (Phi) is 4.69. The zero-order valence-corrected chi connectivity index (χ0v) is 12.0. The second-order valence-electron chi connectivity index (χ2n) is 5.05. The molecule has 0 aliphatic heterocycles. The number of aliphatic carboxylic acids is 1. The van der Waals surface area contributed by atoms with Crippen LogP contribution >= 0.6 is 0 Å². The minimum atomic E-state index is -1.16. The third-order valence-electron chi connectivity index (χ3n) is 3.27. The van der Waals surface area contributed by atoms with Crippen LogP contribution in [0.1, 0.15) is 23.7 Å².